The van der Waals surface area contributed by atoms with Gasteiger partial charge in [-0.25, -0.2) is 12.8 Å². The van der Waals surface area contributed by atoms with Crippen LogP contribution in [0.4, 0.5) is 10.1 Å². The second kappa shape index (κ2) is 11.6. The Morgan fingerprint density at radius 3 is 2.33 bits per heavy atom. The molecule has 1 atom stereocenters. The van der Waals surface area contributed by atoms with Crippen LogP contribution in [-0.2, 0) is 27.6 Å². The quantitative estimate of drug-likeness (QED) is 0.265. The third kappa shape index (κ3) is 6.64. The van der Waals surface area contributed by atoms with E-state index < -0.39 is 9.84 Å². The summed E-state index contributed by atoms with van der Waals surface area (Å²) >= 11 is 0. The molecule has 0 spiro atoms. The highest BCUT2D eigenvalue weighted by molar-refractivity contribution is 7.90. The van der Waals surface area contributed by atoms with Crippen molar-refractivity contribution in [3.8, 4) is 5.69 Å². The van der Waals surface area contributed by atoms with Gasteiger partial charge >= 0.3 is 0 Å². The normalized spacial score (nSPS) is 12.4. The summed E-state index contributed by atoms with van der Waals surface area (Å²) in [5.41, 5.74) is 5.68. The van der Waals surface area contributed by atoms with Crippen LogP contribution in [0.1, 0.15) is 45.4 Å². The number of benzene rings is 3. The Hall–Kier alpha value is -3.75. The van der Waals surface area contributed by atoms with Crippen molar-refractivity contribution in [1.29, 1.82) is 0 Å². The first kappa shape index (κ1) is 28.3. The van der Waals surface area contributed by atoms with Crippen LogP contribution in [0.3, 0.4) is 0 Å². The molecule has 8 heteroatoms. The van der Waals surface area contributed by atoms with Gasteiger partial charge in [0.05, 0.1) is 23.2 Å². The molecule has 0 aliphatic heterocycles. The van der Waals surface area contributed by atoms with E-state index in [1.54, 1.807) is 25.1 Å². The van der Waals surface area contributed by atoms with Gasteiger partial charge in [-0.1, -0.05) is 30.3 Å². The molecule has 0 radical (unpaired) electrons. The van der Waals surface area contributed by atoms with Crippen molar-refractivity contribution in [3.05, 3.63) is 112 Å². The number of hydrogen-bond acceptors (Lipinski definition) is 4. The molecule has 0 saturated carbocycles. The lowest BCUT2D eigenvalue weighted by Crippen LogP contribution is -2.15. The Bertz CT molecular complexity index is 1610. The Morgan fingerprint density at radius 1 is 0.974 bits per heavy atom. The Kier molecular flexibility index (Phi) is 8.37. The largest absolute Gasteiger partial charge is 0.373 e. The summed E-state index contributed by atoms with van der Waals surface area (Å²) < 4.78 is 45.9. The van der Waals surface area contributed by atoms with Crippen molar-refractivity contribution in [2.24, 2.45) is 0 Å². The minimum atomic E-state index is -3.37. The van der Waals surface area contributed by atoms with Gasteiger partial charge in [0.2, 0.25) is 0 Å². The van der Waals surface area contributed by atoms with Gasteiger partial charge in [0, 0.05) is 35.4 Å². The molecule has 1 aromatic heterocycles. The molecule has 0 aliphatic rings. The van der Waals surface area contributed by atoms with E-state index in [4.69, 9.17) is 4.74 Å². The molecule has 0 unspecified atom stereocenters. The average molecular weight is 549 g/mol. The first-order valence-corrected chi connectivity index (χ1v) is 14.6. The molecule has 1 heterocycles. The van der Waals surface area contributed by atoms with Gasteiger partial charge in [0.25, 0.3) is 5.91 Å². The van der Waals surface area contributed by atoms with Gasteiger partial charge in [-0.2, -0.15) is 0 Å². The Balaban J connectivity index is 1.65. The number of carbonyl (C=O) groups excluding carboxylic acids is 1. The molecule has 0 bridgehead atoms. The van der Waals surface area contributed by atoms with E-state index in [1.807, 2.05) is 61.7 Å². The molecule has 0 fully saturated rings. The van der Waals surface area contributed by atoms with E-state index in [0.29, 0.717) is 35.5 Å². The fourth-order valence-electron chi connectivity index (χ4n) is 4.76. The highest BCUT2D eigenvalue weighted by Crippen LogP contribution is 2.27. The lowest BCUT2D eigenvalue weighted by Gasteiger charge is -2.18. The zero-order valence-corrected chi connectivity index (χ0v) is 23.6. The molecule has 6 nitrogen and oxygen atoms in total. The van der Waals surface area contributed by atoms with E-state index in [1.165, 1.54) is 18.2 Å². The summed E-state index contributed by atoms with van der Waals surface area (Å²) in [7, 11) is -3.37. The number of carbonyl (C=O) groups is 1. The van der Waals surface area contributed by atoms with Gasteiger partial charge in [-0.15, -0.1) is 0 Å². The third-order valence-corrected chi connectivity index (χ3v) is 7.93. The zero-order chi connectivity index (χ0) is 28.3. The van der Waals surface area contributed by atoms with Crippen LogP contribution in [0.25, 0.3) is 5.69 Å². The summed E-state index contributed by atoms with van der Waals surface area (Å²) in [6, 6.07) is 21.1. The standard InChI is InChI=1S/C31H33FN2O4S/c1-20-15-25(32)11-13-29(20)34-23(4)28(18-27(34)17-22(3)38-19-24-9-7-6-8-10-24)31(35)33-26-12-14-30(21(2)16-26)39(5,36)37/h6-16,18,22H,17,19H2,1-5H3,(H,33,35)/t22-/m0/s1. The molecule has 3 aromatic carbocycles. The van der Waals surface area contributed by atoms with Crippen molar-refractivity contribution in [2.75, 3.05) is 11.6 Å². The minimum absolute atomic E-state index is 0.152. The molecular formula is C31H33FN2O4S. The lowest BCUT2D eigenvalue weighted by molar-refractivity contribution is 0.0526. The van der Waals surface area contributed by atoms with Gasteiger partial charge in [0.1, 0.15) is 5.82 Å². The lowest BCUT2D eigenvalue weighted by atomic mass is 10.1. The second-order valence-electron chi connectivity index (χ2n) is 9.92. The number of anilines is 1. The van der Waals surface area contributed by atoms with Gasteiger partial charge < -0.3 is 14.6 Å². The van der Waals surface area contributed by atoms with Crippen molar-refractivity contribution in [3.63, 3.8) is 0 Å². The van der Waals surface area contributed by atoms with E-state index in [9.17, 15) is 17.6 Å². The minimum Gasteiger partial charge on any atom is -0.373 e. The van der Waals surface area contributed by atoms with E-state index in [2.05, 4.69) is 5.32 Å². The zero-order valence-electron chi connectivity index (χ0n) is 22.8. The van der Waals surface area contributed by atoms with Crippen LogP contribution in [0, 0.1) is 26.6 Å². The maximum absolute atomic E-state index is 13.9. The number of halogens is 1. The fourth-order valence-corrected chi connectivity index (χ4v) is 5.72. The van der Waals surface area contributed by atoms with Crippen LogP contribution in [0.15, 0.2) is 77.7 Å². The Morgan fingerprint density at radius 2 is 1.69 bits per heavy atom. The number of amides is 1. The summed E-state index contributed by atoms with van der Waals surface area (Å²) in [6.45, 7) is 7.84. The molecular weight excluding hydrogens is 515 g/mol. The van der Waals surface area contributed by atoms with E-state index in [0.717, 1.165) is 28.8 Å². The van der Waals surface area contributed by atoms with Gasteiger partial charge in [0.15, 0.2) is 9.84 Å². The molecule has 1 N–H and O–H groups in total. The maximum atomic E-state index is 13.9. The Labute approximate surface area is 229 Å². The van der Waals surface area contributed by atoms with Crippen LogP contribution >= 0.6 is 0 Å². The molecule has 39 heavy (non-hydrogen) atoms. The predicted molar refractivity (Wildman–Crippen MR) is 152 cm³/mol. The molecule has 4 aromatic rings. The molecule has 204 valence electrons. The number of aryl methyl sites for hydroxylation is 2. The van der Waals surface area contributed by atoms with Crippen LogP contribution in [0.2, 0.25) is 0 Å². The number of nitrogens with zero attached hydrogens (tertiary/aromatic N) is 1. The third-order valence-electron chi connectivity index (χ3n) is 6.67. The number of rotatable bonds is 9. The number of hydrogen-bond donors (Lipinski definition) is 1. The fraction of sp³-hybridized carbons (Fsp3) is 0.258. The average Bonchev–Trinajstić information content (AvgIpc) is 3.18. The summed E-state index contributed by atoms with van der Waals surface area (Å²) in [4.78, 5) is 13.7. The number of aromatic nitrogens is 1. The molecule has 1 amide bonds. The highest BCUT2D eigenvalue weighted by Gasteiger charge is 2.22. The van der Waals surface area contributed by atoms with Crippen LogP contribution < -0.4 is 5.32 Å². The molecule has 0 saturated heterocycles. The number of ether oxygens (including phenoxy) is 1. The first-order chi connectivity index (χ1) is 18.4. The molecule has 4 rings (SSSR count). The van der Waals surface area contributed by atoms with Crippen molar-refractivity contribution in [1.82, 2.24) is 4.57 Å². The highest BCUT2D eigenvalue weighted by atomic mass is 32.2. The van der Waals surface area contributed by atoms with Crippen LogP contribution in [0.5, 0.6) is 0 Å². The summed E-state index contributed by atoms with van der Waals surface area (Å²) in [5.74, 6) is -0.648. The van der Waals surface area contributed by atoms with Crippen molar-refractivity contribution >= 4 is 21.4 Å². The smallest absolute Gasteiger partial charge is 0.257 e. The molecule has 0 aliphatic carbocycles. The number of nitrogens with one attached hydrogen (secondary N) is 1. The van der Waals surface area contributed by atoms with Crippen molar-refractivity contribution < 1.29 is 22.3 Å². The van der Waals surface area contributed by atoms with Crippen LogP contribution in [-0.4, -0.2) is 31.3 Å². The van der Waals surface area contributed by atoms with Crippen molar-refractivity contribution in [2.45, 2.75) is 51.7 Å². The topological polar surface area (TPSA) is 77.4 Å². The second-order valence-corrected chi connectivity index (χ2v) is 11.9. The number of sulfone groups is 1. The summed E-state index contributed by atoms with van der Waals surface area (Å²) in [6.07, 6.45) is 1.53. The van der Waals surface area contributed by atoms with Gasteiger partial charge in [-0.3, -0.25) is 4.79 Å². The summed E-state index contributed by atoms with van der Waals surface area (Å²) in [5, 5.41) is 2.90. The maximum Gasteiger partial charge on any atom is 0.257 e. The SMILES string of the molecule is Cc1cc(F)ccc1-n1c(C[C@H](C)OCc2ccccc2)cc(C(=O)Nc2ccc(S(C)(=O)=O)c(C)c2)c1C. The first-order valence-electron chi connectivity index (χ1n) is 12.7. The van der Waals surface area contributed by atoms with Gasteiger partial charge in [-0.05, 0) is 86.8 Å². The monoisotopic (exact) mass is 548 g/mol. The van der Waals surface area contributed by atoms with E-state index >= 15 is 0 Å². The predicted octanol–water partition coefficient (Wildman–Crippen LogP) is 6.35. The van der Waals surface area contributed by atoms with E-state index in [-0.39, 0.29) is 22.7 Å².